The van der Waals surface area contributed by atoms with E-state index >= 15 is 0 Å². The van der Waals surface area contributed by atoms with Gasteiger partial charge in [-0.05, 0) is 49.2 Å². The maximum atomic E-state index is 12.7. The molecule has 1 heterocycles. The van der Waals surface area contributed by atoms with Crippen LogP contribution in [0.15, 0.2) is 30.3 Å². The fourth-order valence-corrected chi connectivity index (χ4v) is 1.97. The number of hydrogen-bond acceptors (Lipinski definition) is 3. The van der Waals surface area contributed by atoms with Crippen molar-refractivity contribution in [2.45, 2.75) is 20.0 Å². The van der Waals surface area contributed by atoms with Gasteiger partial charge in [0.25, 0.3) is 0 Å². The number of nitrogens with two attached hydrogens (primary N) is 1. The standard InChI is InChI=1S/C14H14F3N3/c1-8-3-9(2)5-11(4-8)19-13-7-10(14(15,16)17)6-12(18)20-13/h3-7H,1-2H3,(H3,18,19,20). The summed E-state index contributed by atoms with van der Waals surface area (Å²) in [6.45, 7) is 3.82. The summed E-state index contributed by atoms with van der Waals surface area (Å²) in [5, 5.41) is 2.85. The number of nitrogens with zero attached hydrogens (tertiary/aromatic N) is 1. The summed E-state index contributed by atoms with van der Waals surface area (Å²) in [7, 11) is 0. The number of nitrogen functional groups attached to an aromatic ring is 1. The fourth-order valence-electron chi connectivity index (χ4n) is 1.97. The highest BCUT2D eigenvalue weighted by Gasteiger charge is 2.31. The molecule has 0 fully saturated rings. The minimum atomic E-state index is -4.45. The van der Waals surface area contributed by atoms with Crippen LogP contribution in [0.5, 0.6) is 0 Å². The maximum Gasteiger partial charge on any atom is 0.416 e. The molecule has 0 spiro atoms. The van der Waals surface area contributed by atoms with Gasteiger partial charge < -0.3 is 11.1 Å². The lowest BCUT2D eigenvalue weighted by Crippen LogP contribution is -2.08. The Morgan fingerprint density at radius 1 is 1.00 bits per heavy atom. The highest BCUT2D eigenvalue weighted by Crippen LogP contribution is 2.32. The van der Waals surface area contributed by atoms with Crippen molar-refractivity contribution in [3.8, 4) is 0 Å². The van der Waals surface area contributed by atoms with Crippen LogP contribution in [0.2, 0.25) is 0 Å². The highest BCUT2D eigenvalue weighted by atomic mass is 19.4. The topological polar surface area (TPSA) is 50.9 Å². The molecule has 1 aromatic heterocycles. The molecule has 1 aromatic carbocycles. The number of anilines is 3. The number of pyridine rings is 1. The van der Waals surface area contributed by atoms with Gasteiger partial charge in [-0.1, -0.05) is 6.07 Å². The average molecular weight is 281 g/mol. The van der Waals surface area contributed by atoms with Crippen molar-refractivity contribution in [1.82, 2.24) is 4.98 Å². The van der Waals surface area contributed by atoms with E-state index in [2.05, 4.69) is 10.3 Å². The molecule has 0 radical (unpaired) electrons. The fraction of sp³-hybridized carbons (Fsp3) is 0.214. The molecule has 0 unspecified atom stereocenters. The number of aromatic nitrogens is 1. The van der Waals surface area contributed by atoms with E-state index in [1.807, 2.05) is 32.0 Å². The van der Waals surface area contributed by atoms with Crippen LogP contribution in [0.25, 0.3) is 0 Å². The lowest BCUT2D eigenvalue weighted by atomic mass is 10.1. The first-order valence-corrected chi connectivity index (χ1v) is 5.94. The number of benzene rings is 1. The van der Waals surface area contributed by atoms with E-state index in [4.69, 9.17) is 5.73 Å². The molecule has 0 amide bonds. The minimum Gasteiger partial charge on any atom is -0.384 e. The van der Waals surface area contributed by atoms with Gasteiger partial charge in [0.2, 0.25) is 0 Å². The average Bonchev–Trinajstić information content (AvgIpc) is 2.25. The molecule has 6 heteroatoms. The molecule has 20 heavy (non-hydrogen) atoms. The molecule has 2 rings (SSSR count). The summed E-state index contributed by atoms with van der Waals surface area (Å²) in [6.07, 6.45) is -4.45. The summed E-state index contributed by atoms with van der Waals surface area (Å²) in [5.41, 5.74) is 7.28. The first kappa shape index (κ1) is 14.2. The lowest BCUT2D eigenvalue weighted by Gasteiger charge is -2.12. The maximum absolute atomic E-state index is 12.7. The molecule has 3 nitrogen and oxygen atoms in total. The number of hydrogen-bond donors (Lipinski definition) is 2. The van der Waals surface area contributed by atoms with Crippen molar-refractivity contribution >= 4 is 17.3 Å². The van der Waals surface area contributed by atoms with Crippen LogP contribution in [0.3, 0.4) is 0 Å². The Labute approximate surface area is 114 Å². The third kappa shape index (κ3) is 3.40. The number of nitrogens with one attached hydrogen (secondary N) is 1. The zero-order valence-corrected chi connectivity index (χ0v) is 11.0. The molecule has 0 aliphatic heterocycles. The first-order chi connectivity index (χ1) is 9.24. The summed E-state index contributed by atoms with van der Waals surface area (Å²) in [6, 6.07) is 7.37. The molecular formula is C14H14F3N3. The predicted molar refractivity (Wildman–Crippen MR) is 72.9 cm³/mol. The molecule has 0 saturated heterocycles. The Morgan fingerprint density at radius 2 is 1.60 bits per heavy atom. The third-order valence-electron chi connectivity index (χ3n) is 2.67. The highest BCUT2D eigenvalue weighted by molar-refractivity contribution is 5.60. The second-order valence-electron chi connectivity index (χ2n) is 4.67. The Bertz CT molecular complexity index is 616. The molecule has 3 N–H and O–H groups in total. The Kier molecular flexibility index (Phi) is 3.57. The van der Waals surface area contributed by atoms with Crippen LogP contribution in [-0.2, 0) is 6.18 Å². The van der Waals surface area contributed by atoms with Gasteiger partial charge >= 0.3 is 6.18 Å². The normalized spacial score (nSPS) is 11.4. The summed E-state index contributed by atoms with van der Waals surface area (Å²) in [5.74, 6) is -0.103. The van der Waals surface area contributed by atoms with Crippen LogP contribution < -0.4 is 11.1 Å². The molecule has 0 saturated carbocycles. The molecule has 2 aromatic rings. The quantitative estimate of drug-likeness (QED) is 0.873. The molecule has 0 aliphatic carbocycles. The molecule has 106 valence electrons. The van der Waals surface area contributed by atoms with Crippen LogP contribution >= 0.6 is 0 Å². The van der Waals surface area contributed by atoms with Gasteiger partial charge in [-0.15, -0.1) is 0 Å². The van der Waals surface area contributed by atoms with Crippen LogP contribution in [-0.4, -0.2) is 4.98 Å². The monoisotopic (exact) mass is 281 g/mol. The smallest absolute Gasteiger partial charge is 0.384 e. The largest absolute Gasteiger partial charge is 0.416 e. The summed E-state index contributed by atoms with van der Waals surface area (Å²) in [4.78, 5) is 3.87. The number of rotatable bonds is 2. The Balaban J connectivity index is 2.36. The van der Waals surface area contributed by atoms with Crippen LogP contribution in [0.4, 0.5) is 30.5 Å². The van der Waals surface area contributed by atoms with Gasteiger partial charge in [-0.2, -0.15) is 13.2 Å². The van der Waals surface area contributed by atoms with Crippen molar-refractivity contribution in [3.05, 3.63) is 47.0 Å². The van der Waals surface area contributed by atoms with E-state index in [-0.39, 0.29) is 11.6 Å². The van der Waals surface area contributed by atoms with Gasteiger partial charge in [-0.25, -0.2) is 4.98 Å². The van der Waals surface area contributed by atoms with Gasteiger partial charge in [0.15, 0.2) is 0 Å². The zero-order chi connectivity index (χ0) is 14.9. The summed E-state index contributed by atoms with van der Waals surface area (Å²) >= 11 is 0. The molecule has 0 bridgehead atoms. The van der Waals surface area contributed by atoms with E-state index < -0.39 is 11.7 Å². The van der Waals surface area contributed by atoms with Crippen molar-refractivity contribution in [2.75, 3.05) is 11.1 Å². The third-order valence-corrected chi connectivity index (χ3v) is 2.67. The van der Waals surface area contributed by atoms with Crippen LogP contribution in [0.1, 0.15) is 16.7 Å². The van der Waals surface area contributed by atoms with Gasteiger partial charge in [0.05, 0.1) is 5.56 Å². The van der Waals surface area contributed by atoms with Crippen LogP contribution in [0, 0.1) is 13.8 Å². The van der Waals surface area contributed by atoms with Crippen molar-refractivity contribution in [1.29, 1.82) is 0 Å². The second kappa shape index (κ2) is 5.03. The second-order valence-corrected chi connectivity index (χ2v) is 4.67. The van der Waals surface area contributed by atoms with E-state index in [0.717, 1.165) is 23.3 Å². The van der Waals surface area contributed by atoms with E-state index in [0.29, 0.717) is 5.69 Å². The predicted octanol–water partition coefficient (Wildman–Crippen LogP) is 4.04. The summed E-state index contributed by atoms with van der Waals surface area (Å²) < 4.78 is 38.1. The lowest BCUT2D eigenvalue weighted by molar-refractivity contribution is -0.137. The number of alkyl halides is 3. The minimum absolute atomic E-state index is 0.0716. The zero-order valence-electron chi connectivity index (χ0n) is 11.0. The Morgan fingerprint density at radius 3 is 2.15 bits per heavy atom. The molecule has 0 aliphatic rings. The van der Waals surface area contributed by atoms with Gasteiger partial charge in [-0.3, -0.25) is 0 Å². The molecule has 0 atom stereocenters. The first-order valence-electron chi connectivity index (χ1n) is 5.94. The SMILES string of the molecule is Cc1cc(C)cc(Nc2cc(C(F)(F)F)cc(N)n2)c1. The Hall–Kier alpha value is -2.24. The van der Waals surface area contributed by atoms with Crippen molar-refractivity contribution in [2.24, 2.45) is 0 Å². The van der Waals surface area contributed by atoms with Crippen molar-refractivity contribution in [3.63, 3.8) is 0 Å². The van der Waals surface area contributed by atoms with Crippen molar-refractivity contribution < 1.29 is 13.2 Å². The van der Waals surface area contributed by atoms with E-state index in [9.17, 15) is 13.2 Å². The number of aryl methyl sites for hydroxylation is 2. The van der Waals surface area contributed by atoms with E-state index in [1.54, 1.807) is 0 Å². The number of halogens is 3. The van der Waals surface area contributed by atoms with E-state index in [1.165, 1.54) is 0 Å². The molecular weight excluding hydrogens is 267 g/mol. The van der Waals surface area contributed by atoms with Gasteiger partial charge in [0.1, 0.15) is 11.6 Å². The van der Waals surface area contributed by atoms with Gasteiger partial charge in [0, 0.05) is 5.69 Å².